The van der Waals surface area contributed by atoms with Gasteiger partial charge in [-0.1, -0.05) is 0 Å². The van der Waals surface area contributed by atoms with Gasteiger partial charge in [0, 0.05) is 30.7 Å². The Bertz CT molecular complexity index is 1030. The zero-order valence-corrected chi connectivity index (χ0v) is 16.8. The number of aromatic hydroxyl groups is 1. The molecule has 158 valence electrons. The molecule has 3 atom stereocenters. The summed E-state index contributed by atoms with van der Waals surface area (Å²) in [6, 6.07) is 5.98. The number of phenolic OH excluding ortho intramolecular Hbond substituents is 1. The lowest BCUT2D eigenvalue weighted by atomic mass is 9.81. The highest BCUT2D eigenvalue weighted by molar-refractivity contribution is 6.07. The second-order valence-corrected chi connectivity index (χ2v) is 6.78. The normalized spacial score (nSPS) is 21.2. The van der Waals surface area contributed by atoms with Gasteiger partial charge in [0.1, 0.15) is 28.6 Å². The predicted octanol–water partition coefficient (Wildman–Crippen LogP) is 2.43. The number of esters is 1. The van der Waals surface area contributed by atoms with E-state index in [2.05, 4.69) is 0 Å². The molecule has 9 heteroatoms. The molecule has 3 unspecified atom stereocenters. The highest BCUT2D eigenvalue weighted by atomic mass is 16.7. The molecule has 2 aromatic carbocycles. The van der Waals surface area contributed by atoms with Crippen molar-refractivity contribution in [1.82, 2.24) is 0 Å². The zero-order valence-electron chi connectivity index (χ0n) is 16.8. The van der Waals surface area contributed by atoms with Gasteiger partial charge < -0.3 is 33.5 Å². The first-order chi connectivity index (χ1) is 14.4. The quantitative estimate of drug-likeness (QED) is 0.752. The molecule has 0 radical (unpaired) electrons. The second-order valence-electron chi connectivity index (χ2n) is 6.78. The highest BCUT2D eigenvalue weighted by Crippen LogP contribution is 2.50. The summed E-state index contributed by atoms with van der Waals surface area (Å²) in [5.41, 5.74) is 0.480. The fourth-order valence-corrected chi connectivity index (χ4v) is 3.75. The molecule has 0 amide bonds. The molecule has 30 heavy (non-hydrogen) atoms. The Morgan fingerprint density at radius 1 is 0.967 bits per heavy atom. The lowest BCUT2D eigenvalue weighted by molar-refractivity contribution is -0.179. The summed E-state index contributed by atoms with van der Waals surface area (Å²) in [4.78, 5) is 25.1. The van der Waals surface area contributed by atoms with Crippen LogP contribution in [0.5, 0.6) is 34.5 Å². The average molecular weight is 416 g/mol. The zero-order chi connectivity index (χ0) is 21.6. The Morgan fingerprint density at radius 2 is 1.67 bits per heavy atom. The van der Waals surface area contributed by atoms with Gasteiger partial charge in [-0.05, 0) is 6.07 Å². The van der Waals surface area contributed by atoms with E-state index in [0.717, 1.165) is 0 Å². The number of benzene rings is 2. The van der Waals surface area contributed by atoms with Gasteiger partial charge in [0.25, 0.3) is 6.29 Å². The number of Topliss-reactive ketones (excluding diaryl/α,β-unsaturated/α-hetero) is 1. The first kappa shape index (κ1) is 19.7. The van der Waals surface area contributed by atoms with E-state index in [1.807, 2.05) is 0 Å². The first-order valence-electron chi connectivity index (χ1n) is 9.09. The first-order valence-corrected chi connectivity index (χ1v) is 9.09. The number of carbonyl (C=O) groups excluding carboxylic acids is 2. The third kappa shape index (κ3) is 3.02. The third-order valence-electron chi connectivity index (χ3n) is 5.06. The van der Waals surface area contributed by atoms with Crippen LogP contribution in [0.4, 0.5) is 0 Å². The van der Waals surface area contributed by atoms with Crippen LogP contribution in [0.2, 0.25) is 0 Å². The molecule has 9 nitrogen and oxygen atoms in total. The molecule has 2 aliphatic heterocycles. The molecule has 2 aromatic rings. The van der Waals surface area contributed by atoms with Gasteiger partial charge in [-0.15, -0.1) is 0 Å². The summed E-state index contributed by atoms with van der Waals surface area (Å²) < 4.78 is 32.9. The smallest absolute Gasteiger partial charge is 0.305 e. The van der Waals surface area contributed by atoms with Gasteiger partial charge in [-0.3, -0.25) is 9.59 Å². The fraction of sp³-hybridized carbons (Fsp3) is 0.333. The van der Waals surface area contributed by atoms with E-state index in [-0.39, 0.29) is 22.8 Å². The van der Waals surface area contributed by atoms with Crippen LogP contribution in [-0.4, -0.2) is 50.6 Å². The summed E-state index contributed by atoms with van der Waals surface area (Å²) in [7, 11) is 4.37. The van der Waals surface area contributed by atoms with Crippen LogP contribution < -0.4 is 23.7 Å². The molecule has 0 bridgehead atoms. The van der Waals surface area contributed by atoms with Crippen molar-refractivity contribution in [2.45, 2.75) is 25.2 Å². The molecule has 0 fully saturated rings. The van der Waals surface area contributed by atoms with Crippen molar-refractivity contribution in [2.75, 3.05) is 21.3 Å². The molecule has 2 heterocycles. The Kier molecular flexibility index (Phi) is 4.81. The summed E-state index contributed by atoms with van der Waals surface area (Å²) in [5, 5.41) is 10.4. The fourth-order valence-electron chi connectivity index (χ4n) is 3.75. The van der Waals surface area contributed by atoms with Crippen molar-refractivity contribution in [1.29, 1.82) is 0 Å². The minimum absolute atomic E-state index is 0.0151. The minimum Gasteiger partial charge on any atom is -0.507 e. The van der Waals surface area contributed by atoms with Crippen LogP contribution in [0.3, 0.4) is 0 Å². The summed E-state index contributed by atoms with van der Waals surface area (Å²) in [6.45, 7) is 1.23. The van der Waals surface area contributed by atoms with Gasteiger partial charge in [-0.25, -0.2) is 0 Å². The molecule has 4 rings (SSSR count). The summed E-state index contributed by atoms with van der Waals surface area (Å²) in [5.74, 6) is -0.708. The molecule has 0 saturated carbocycles. The van der Waals surface area contributed by atoms with Crippen molar-refractivity contribution >= 4 is 11.8 Å². The lowest BCUT2D eigenvalue weighted by Crippen LogP contribution is -2.51. The van der Waals surface area contributed by atoms with E-state index in [9.17, 15) is 14.7 Å². The molecule has 1 N–H and O–H groups in total. The Balaban J connectivity index is 1.90. The lowest BCUT2D eigenvalue weighted by Gasteiger charge is -2.41. The maximum atomic E-state index is 13.5. The number of methoxy groups -OCH3 is 3. The number of fused-ring (bicyclic) bond motifs is 4. The van der Waals surface area contributed by atoms with Gasteiger partial charge in [-0.2, -0.15) is 0 Å². The number of phenols is 1. The van der Waals surface area contributed by atoms with E-state index in [1.54, 1.807) is 12.1 Å². The van der Waals surface area contributed by atoms with Crippen LogP contribution in [0.1, 0.15) is 28.8 Å². The maximum absolute atomic E-state index is 13.5. The van der Waals surface area contributed by atoms with Gasteiger partial charge in [0.2, 0.25) is 0 Å². The maximum Gasteiger partial charge on any atom is 0.305 e. The van der Waals surface area contributed by atoms with Crippen molar-refractivity contribution in [3.8, 4) is 34.5 Å². The van der Waals surface area contributed by atoms with Crippen molar-refractivity contribution < 1.29 is 43.1 Å². The van der Waals surface area contributed by atoms with Crippen LogP contribution in [0, 0.1) is 0 Å². The topological polar surface area (TPSA) is 110 Å². The second kappa shape index (κ2) is 7.33. The molecule has 2 aliphatic rings. The molecular weight excluding hydrogens is 396 g/mol. The molecule has 0 saturated heterocycles. The van der Waals surface area contributed by atoms with Crippen LogP contribution in [-0.2, 0) is 9.53 Å². The number of ether oxygens (including phenoxy) is 6. The SMILES string of the molecule is COc1cc(O)c2c(c1)OC1C(OC(C)=O)Oc3cc(OC)c(OC)cc3C1C2=O. The largest absolute Gasteiger partial charge is 0.507 e. The van der Waals surface area contributed by atoms with Crippen LogP contribution in [0.25, 0.3) is 0 Å². The monoisotopic (exact) mass is 416 g/mol. The van der Waals surface area contributed by atoms with E-state index in [0.29, 0.717) is 22.8 Å². The average Bonchev–Trinajstić information content (AvgIpc) is 2.72. The van der Waals surface area contributed by atoms with Gasteiger partial charge in [0.05, 0.1) is 27.2 Å². The van der Waals surface area contributed by atoms with Crippen LogP contribution in [0.15, 0.2) is 24.3 Å². The standard InChI is InChI=1S/C21H20O9/c1-9(22)28-21-20-17(11-7-14(26-3)15(27-4)8-13(11)30-21)19(24)18-12(23)5-10(25-2)6-16(18)29-20/h5-8,17,20-21,23H,1-4H3. The number of rotatable bonds is 4. The van der Waals surface area contributed by atoms with Crippen molar-refractivity contribution in [2.24, 2.45) is 0 Å². The molecule has 0 spiro atoms. The van der Waals surface area contributed by atoms with E-state index < -0.39 is 30.1 Å². The Hall–Kier alpha value is -3.62. The van der Waals surface area contributed by atoms with E-state index >= 15 is 0 Å². The van der Waals surface area contributed by atoms with E-state index in [4.69, 9.17) is 28.4 Å². The van der Waals surface area contributed by atoms with E-state index in [1.165, 1.54) is 40.4 Å². The van der Waals surface area contributed by atoms with Crippen LogP contribution >= 0.6 is 0 Å². The molecule has 0 aliphatic carbocycles. The highest BCUT2D eigenvalue weighted by Gasteiger charge is 2.51. The van der Waals surface area contributed by atoms with Gasteiger partial charge >= 0.3 is 5.97 Å². The number of hydrogen-bond acceptors (Lipinski definition) is 9. The van der Waals surface area contributed by atoms with Crippen molar-refractivity contribution in [3.05, 3.63) is 35.4 Å². The minimum atomic E-state index is -1.19. The number of ketones is 1. The Labute approximate surface area is 172 Å². The summed E-state index contributed by atoms with van der Waals surface area (Å²) in [6.07, 6.45) is -2.17. The Morgan fingerprint density at radius 3 is 2.30 bits per heavy atom. The molecule has 0 aromatic heterocycles. The number of hydrogen-bond donors (Lipinski definition) is 1. The van der Waals surface area contributed by atoms with Gasteiger partial charge in [0.15, 0.2) is 23.4 Å². The van der Waals surface area contributed by atoms with Crippen molar-refractivity contribution in [3.63, 3.8) is 0 Å². The summed E-state index contributed by atoms with van der Waals surface area (Å²) >= 11 is 0. The third-order valence-corrected chi connectivity index (χ3v) is 5.06. The number of carbonyl (C=O) groups is 2. The predicted molar refractivity (Wildman–Crippen MR) is 102 cm³/mol. The molecular formula is C21H20O9.